The molecule has 4 nitrogen and oxygen atoms in total. The molecule has 3 heterocycles. The van der Waals surface area contributed by atoms with Crippen molar-refractivity contribution in [3.8, 4) is 0 Å². The predicted molar refractivity (Wildman–Crippen MR) is 76.8 cm³/mol. The summed E-state index contributed by atoms with van der Waals surface area (Å²) >= 11 is 3.08. The van der Waals surface area contributed by atoms with E-state index < -0.39 is 5.41 Å². The van der Waals surface area contributed by atoms with E-state index >= 15 is 0 Å². The number of anilines is 1. The van der Waals surface area contributed by atoms with Gasteiger partial charge in [0.05, 0.1) is 5.41 Å². The van der Waals surface area contributed by atoms with Crippen LogP contribution in [0.25, 0.3) is 0 Å². The minimum atomic E-state index is -0.460. The quantitative estimate of drug-likeness (QED) is 0.947. The molecule has 0 radical (unpaired) electrons. The minimum Gasteiger partial charge on any atom is -0.381 e. The zero-order valence-electron chi connectivity index (χ0n) is 10.3. The van der Waals surface area contributed by atoms with Gasteiger partial charge in [0.15, 0.2) is 5.13 Å². The van der Waals surface area contributed by atoms with Gasteiger partial charge in [-0.15, -0.1) is 22.7 Å². The number of thiophene rings is 1. The van der Waals surface area contributed by atoms with Crippen LogP contribution in [-0.4, -0.2) is 24.1 Å². The lowest BCUT2D eigenvalue weighted by atomic mass is 9.78. The van der Waals surface area contributed by atoms with E-state index in [0.717, 1.165) is 17.7 Å². The van der Waals surface area contributed by atoms with Crippen LogP contribution in [-0.2, 0) is 14.9 Å². The average molecular weight is 294 g/mol. The van der Waals surface area contributed by atoms with Crippen LogP contribution >= 0.6 is 22.7 Å². The van der Waals surface area contributed by atoms with E-state index in [0.29, 0.717) is 18.3 Å². The van der Waals surface area contributed by atoms with Gasteiger partial charge in [0, 0.05) is 29.7 Å². The summed E-state index contributed by atoms with van der Waals surface area (Å²) in [5.74, 6) is 0.0354. The van der Waals surface area contributed by atoms with Crippen LogP contribution in [0.2, 0.25) is 0 Å². The van der Waals surface area contributed by atoms with Gasteiger partial charge in [-0.2, -0.15) is 0 Å². The van der Waals surface area contributed by atoms with Crippen molar-refractivity contribution in [1.82, 2.24) is 4.98 Å². The van der Waals surface area contributed by atoms with Crippen molar-refractivity contribution in [2.45, 2.75) is 18.3 Å². The molecule has 19 heavy (non-hydrogen) atoms. The monoisotopic (exact) mass is 294 g/mol. The van der Waals surface area contributed by atoms with Crippen LogP contribution in [0, 0.1) is 0 Å². The first-order valence-electron chi connectivity index (χ1n) is 6.14. The number of aromatic nitrogens is 1. The van der Waals surface area contributed by atoms with Crippen LogP contribution in [0.15, 0.2) is 29.1 Å². The number of nitrogens with one attached hydrogen (secondary N) is 1. The van der Waals surface area contributed by atoms with E-state index in [1.165, 1.54) is 11.3 Å². The van der Waals surface area contributed by atoms with Gasteiger partial charge >= 0.3 is 0 Å². The first-order chi connectivity index (χ1) is 9.31. The van der Waals surface area contributed by atoms with E-state index in [9.17, 15) is 4.79 Å². The molecule has 1 N–H and O–H groups in total. The number of hydrogen-bond donors (Lipinski definition) is 1. The summed E-state index contributed by atoms with van der Waals surface area (Å²) in [5.41, 5.74) is -0.460. The van der Waals surface area contributed by atoms with Crippen molar-refractivity contribution in [2.24, 2.45) is 0 Å². The summed E-state index contributed by atoms with van der Waals surface area (Å²) in [4.78, 5) is 17.9. The second kappa shape index (κ2) is 5.40. The third-order valence-corrected chi connectivity index (χ3v) is 5.19. The third kappa shape index (κ3) is 2.43. The molecule has 1 aliphatic rings. The van der Waals surface area contributed by atoms with Crippen LogP contribution in [0.5, 0.6) is 0 Å². The molecule has 0 atom stereocenters. The molecular formula is C13H14N2O2S2. The molecule has 1 fully saturated rings. The van der Waals surface area contributed by atoms with Crippen molar-refractivity contribution >= 4 is 33.7 Å². The molecule has 0 aliphatic carbocycles. The molecule has 0 saturated carbocycles. The van der Waals surface area contributed by atoms with Gasteiger partial charge in [-0.05, 0) is 24.3 Å². The van der Waals surface area contributed by atoms with Crippen molar-refractivity contribution in [2.75, 3.05) is 18.5 Å². The van der Waals surface area contributed by atoms with Gasteiger partial charge in [-0.25, -0.2) is 4.98 Å². The molecule has 6 heteroatoms. The highest BCUT2D eigenvalue weighted by Crippen LogP contribution is 2.38. The summed E-state index contributed by atoms with van der Waals surface area (Å²) in [6, 6.07) is 4.03. The van der Waals surface area contributed by atoms with Crippen LogP contribution in [0.1, 0.15) is 17.7 Å². The fraction of sp³-hybridized carbons (Fsp3) is 0.385. The number of thiazole rings is 1. The Balaban J connectivity index is 1.88. The number of amides is 1. The van der Waals surface area contributed by atoms with Gasteiger partial charge in [-0.3, -0.25) is 4.79 Å². The maximum absolute atomic E-state index is 12.7. The molecule has 0 unspecified atom stereocenters. The fourth-order valence-corrected chi connectivity index (χ4v) is 3.87. The van der Waals surface area contributed by atoms with E-state index in [4.69, 9.17) is 4.74 Å². The first-order valence-corrected chi connectivity index (χ1v) is 7.90. The number of rotatable bonds is 3. The number of nitrogens with zero attached hydrogens (tertiary/aromatic N) is 1. The Morgan fingerprint density at radius 3 is 2.79 bits per heavy atom. The van der Waals surface area contributed by atoms with E-state index in [2.05, 4.69) is 10.3 Å². The SMILES string of the molecule is O=C(Nc1nccs1)C1(c2cccs2)CCOCC1. The largest absolute Gasteiger partial charge is 0.381 e. The van der Waals surface area contributed by atoms with E-state index in [1.807, 2.05) is 22.9 Å². The second-order valence-corrected chi connectivity index (χ2v) is 6.31. The Hall–Kier alpha value is -1.24. The van der Waals surface area contributed by atoms with E-state index in [1.54, 1.807) is 17.5 Å². The maximum Gasteiger partial charge on any atom is 0.237 e. The Bertz CT molecular complexity index is 531. The zero-order valence-corrected chi connectivity index (χ0v) is 11.9. The lowest BCUT2D eigenvalue weighted by Crippen LogP contribution is -2.44. The molecule has 1 aliphatic heterocycles. The van der Waals surface area contributed by atoms with E-state index in [-0.39, 0.29) is 5.91 Å². The van der Waals surface area contributed by atoms with Gasteiger partial charge < -0.3 is 10.1 Å². The summed E-state index contributed by atoms with van der Waals surface area (Å²) in [6.45, 7) is 1.26. The molecule has 0 bridgehead atoms. The molecule has 0 aromatic carbocycles. The Labute approximate surface area is 119 Å². The summed E-state index contributed by atoms with van der Waals surface area (Å²) in [6.07, 6.45) is 3.15. The van der Waals surface area contributed by atoms with Crippen molar-refractivity contribution in [3.05, 3.63) is 34.0 Å². The topological polar surface area (TPSA) is 51.2 Å². The first kappa shape index (κ1) is 12.8. The highest BCUT2D eigenvalue weighted by molar-refractivity contribution is 7.13. The molecule has 2 aromatic rings. The zero-order chi connectivity index (χ0) is 13.1. The molecule has 0 spiro atoms. The average Bonchev–Trinajstić information content (AvgIpc) is 3.12. The maximum atomic E-state index is 12.7. The normalized spacial score (nSPS) is 18.1. The van der Waals surface area contributed by atoms with Gasteiger partial charge in [-0.1, -0.05) is 6.07 Å². The van der Waals surface area contributed by atoms with Gasteiger partial charge in [0.2, 0.25) is 5.91 Å². The van der Waals surface area contributed by atoms with Crippen molar-refractivity contribution in [1.29, 1.82) is 0 Å². The number of ether oxygens (including phenoxy) is 1. The molecule has 2 aromatic heterocycles. The van der Waals surface area contributed by atoms with Crippen molar-refractivity contribution in [3.63, 3.8) is 0 Å². The smallest absolute Gasteiger partial charge is 0.237 e. The Morgan fingerprint density at radius 2 is 2.16 bits per heavy atom. The highest BCUT2D eigenvalue weighted by atomic mass is 32.1. The number of hydrogen-bond acceptors (Lipinski definition) is 5. The lowest BCUT2D eigenvalue weighted by molar-refractivity contribution is -0.125. The van der Waals surface area contributed by atoms with Crippen LogP contribution < -0.4 is 5.32 Å². The summed E-state index contributed by atoms with van der Waals surface area (Å²) < 4.78 is 5.42. The molecule has 1 amide bonds. The van der Waals surface area contributed by atoms with Gasteiger partial charge in [0.25, 0.3) is 0 Å². The van der Waals surface area contributed by atoms with Crippen LogP contribution in [0.4, 0.5) is 5.13 Å². The summed E-state index contributed by atoms with van der Waals surface area (Å²) in [5, 5.41) is 7.48. The summed E-state index contributed by atoms with van der Waals surface area (Å²) in [7, 11) is 0. The molecule has 100 valence electrons. The third-order valence-electron chi connectivity index (χ3n) is 3.43. The standard InChI is InChI=1S/C13H14N2O2S2/c16-11(15-12-14-5-9-19-12)13(3-6-17-7-4-13)10-2-1-8-18-10/h1-2,5,8-9H,3-4,6-7H2,(H,14,15,16). The second-order valence-electron chi connectivity index (χ2n) is 4.46. The number of carbonyl (C=O) groups is 1. The lowest BCUT2D eigenvalue weighted by Gasteiger charge is -2.34. The Morgan fingerprint density at radius 1 is 1.32 bits per heavy atom. The molecule has 3 rings (SSSR count). The van der Waals surface area contributed by atoms with Gasteiger partial charge in [0.1, 0.15) is 0 Å². The predicted octanol–water partition coefficient (Wildman–Crippen LogP) is 2.89. The number of carbonyl (C=O) groups excluding carboxylic acids is 1. The highest BCUT2D eigenvalue weighted by Gasteiger charge is 2.42. The molecular weight excluding hydrogens is 280 g/mol. The molecule has 1 saturated heterocycles. The fourth-order valence-electron chi connectivity index (χ4n) is 2.36. The minimum absolute atomic E-state index is 0.0354. The Kier molecular flexibility index (Phi) is 3.63. The van der Waals surface area contributed by atoms with Crippen LogP contribution in [0.3, 0.4) is 0 Å². The van der Waals surface area contributed by atoms with Crippen molar-refractivity contribution < 1.29 is 9.53 Å².